The fourth-order valence-electron chi connectivity index (χ4n) is 2.09. The Hall–Kier alpha value is -1.79. The zero-order valence-corrected chi connectivity index (χ0v) is 16.0. The van der Waals surface area contributed by atoms with Gasteiger partial charge in [-0.3, -0.25) is 9.59 Å². The molecule has 0 fully saturated rings. The predicted molar refractivity (Wildman–Crippen MR) is 104 cm³/mol. The van der Waals surface area contributed by atoms with Crippen molar-refractivity contribution in [3.8, 4) is 0 Å². The summed E-state index contributed by atoms with van der Waals surface area (Å²) in [4.78, 5) is 24.6. The van der Waals surface area contributed by atoms with E-state index >= 15 is 0 Å². The third kappa shape index (κ3) is 5.69. The molecule has 0 aromatic heterocycles. The minimum absolute atomic E-state index is 0.0771. The summed E-state index contributed by atoms with van der Waals surface area (Å²) in [7, 11) is 0. The maximum atomic E-state index is 12.2. The number of amides is 2. The summed E-state index contributed by atoms with van der Waals surface area (Å²) in [5, 5.41) is 5.61. The van der Waals surface area contributed by atoms with Gasteiger partial charge in [0, 0.05) is 28.5 Å². The maximum Gasteiger partial charge on any atom is 0.225 e. The van der Waals surface area contributed by atoms with Crippen molar-refractivity contribution in [2.45, 2.75) is 25.2 Å². The predicted octanol–water partition coefficient (Wildman–Crippen LogP) is 4.84. The Morgan fingerprint density at radius 1 is 1.08 bits per heavy atom. The van der Waals surface area contributed by atoms with Gasteiger partial charge in [-0.15, -0.1) is 11.8 Å². The van der Waals surface area contributed by atoms with Crippen LogP contribution in [0, 0.1) is 6.92 Å². The van der Waals surface area contributed by atoms with Crippen molar-refractivity contribution in [1.29, 1.82) is 0 Å². The Kier molecular flexibility index (Phi) is 6.87. The highest BCUT2D eigenvalue weighted by Gasteiger charge is 2.09. The lowest BCUT2D eigenvalue weighted by molar-refractivity contribution is -0.116. The van der Waals surface area contributed by atoms with Crippen LogP contribution in [-0.2, 0) is 9.59 Å². The molecule has 2 amide bonds. The molecule has 2 aromatic rings. The van der Waals surface area contributed by atoms with Crippen LogP contribution >= 0.6 is 27.7 Å². The third-order valence-electron chi connectivity index (χ3n) is 3.18. The number of anilines is 2. The molecule has 0 aliphatic rings. The van der Waals surface area contributed by atoms with Gasteiger partial charge in [0.05, 0.1) is 11.4 Å². The lowest BCUT2D eigenvalue weighted by Gasteiger charge is -2.12. The quantitative estimate of drug-likeness (QED) is 0.674. The third-order valence-corrected chi connectivity index (χ3v) is 5.21. The van der Waals surface area contributed by atoms with E-state index in [1.165, 1.54) is 6.92 Å². The smallest absolute Gasteiger partial charge is 0.225 e. The first-order valence-corrected chi connectivity index (χ1v) is 9.29. The largest absolute Gasteiger partial charge is 0.325 e. The van der Waals surface area contributed by atoms with Crippen LogP contribution in [-0.4, -0.2) is 17.6 Å². The summed E-state index contributed by atoms with van der Waals surface area (Å²) >= 11 is 5.12. The molecule has 0 radical (unpaired) electrons. The molecule has 2 rings (SSSR count). The van der Waals surface area contributed by atoms with E-state index in [1.54, 1.807) is 17.8 Å². The first-order chi connectivity index (χ1) is 11.5. The van der Waals surface area contributed by atoms with Crippen molar-refractivity contribution in [2.75, 3.05) is 16.4 Å². The number of rotatable bonds is 6. The molecule has 0 saturated heterocycles. The highest BCUT2D eigenvalue weighted by molar-refractivity contribution is 9.10. The average Bonchev–Trinajstić information content (AvgIpc) is 2.51. The molecule has 0 saturated carbocycles. The molecule has 0 aliphatic heterocycles. The lowest BCUT2D eigenvalue weighted by Crippen LogP contribution is -2.15. The number of halogens is 1. The Morgan fingerprint density at radius 3 is 2.54 bits per heavy atom. The number of aryl methyl sites for hydroxylation is 1. The fraction of sp³-hybridized carbons (Fsp3) is 0.222. The van der Waals surface area contributed by atoms with Crippen LogP contribution in [0.5, 0.6) is 0 Å². The van der Waals surface area contributed by atoms with Crippen molar-refractivity contribution in [1.82, 2.24) is 0 Å². The minimum atomic E-state index is -0.168. The molecule has 2 N–H and O–H groups in total. The minimum Gasteiger partial charge on any atom is -0.325 e. The average molecular weight is 407 g/mol. The zero-order chi connectivity index (χ0) is 17.5. The number of nitrogens with one attached hydrogen (secondary N) is 2. The van der Waals surface area contributed by atoms with Gasteiger partial charge in [-0.25, -0.2) is 0 Å². The summed E-state index contributed by atoms with van der Waals surface area (Å²) in [5.74, 6) is 0.431. The number of benzene rings is 2. The highest BCUT2D eigenvalue weighted by Crippen LogP contribution is 2.28. The molecule has 24 heavy (non-hydrogen) atoms. The second kappa shape index (κ2) is 8.89. The van der Waals surface area contributed by atoms with Gasteiger partial charge in [-0.1, -0.05) is 18.2 Å². The molecule has 6 heteroatoms. The van der Waals surface area contributed by atoms with Crippen LogP contribution in [0.15, 0.2) is 51.8 Å². The first kappa shape index (κ1) is 18.5. The van der Waals surface area contributed by atoms with Crippen LogP contribution in [0.2, 0.25) is 0 Å². The van der Waals surface area contributed by atoms with Gasteiger partial charge in [0.2, 0.25) is 11.8 Å². The van der Waals surface area contributed by atoms with Gasteiger partial charge >= 0.3 is 0 Å². The molecule has 0 unspecified atom stereocenters. The number of carbonyl (C=O) groups excluding carboxylic acids is 2. The molecule has 2 aromatic carbocycles. The second-order valence-corrected chi connectivity index (χ2v) is 7.30. The van der Waals surface area contributed by atoms with E-state index in [2.05, 4.69) is 26.6 Å². The number of thioether (sulfide) groups is 1. The molecular formula is C18H19BrN2O2S. The molecule has 0 heterocycles. The lowest BCUT2D eigenvalue weighted by atomic mass is 10.2. The Bertz CT molecular complexity index is 750. The normalized spacial score (nSPS) is 10.3. The molecule has 0 bridgehead atoms. The summed E-state index contributed by atoms with van der Waals surface area (Å²) in [6.45, 7) is 3.38. The topological polar surface area (TPSA) is 58.2 Å². The molecule has 0 spiro atoms. The summed E-state index contributed by atoms with van der Waals surface area (Å²) in [6.07, 6.45) is 0.388. The van der Waals surface area contributed by atoms with Crippen LogP contribution < -0.4 is 10.6 Å². The van der Waals surface area contributed by atoms with Crippen molar-refractivity contribution < 1.29 is 9.59 Å². The molecular weight excluding hydrogens is 388 g/mol. The summed E-state index contributed by atoms with van der Waals surface area (Å²) in [6, 6.07) is 13.5. The summed E-state index contributed by atoms with van der Waals surface area (Å²) in [5.41, 5.74) is 2.25. The SMILES string of the molecule is CC(=O)Nc1ccc(C)cc1NC(=O)CCSc1ccccc1Br. The van der Waals surface area contributed by atoms with Crippen molar-refractivity contribution in [2.24, 2.45) is 0 Å². The van der Waals surface area contributed by atoms with E-state index in [-0.39, 0.29) is 11.8 Å². The molecule has 126 valence electrons. The van der Waals surface area contributed by atoms with E-state index < -0.39 is 0 Å². The first-order valence-electron chi connectivity index (χ1n) is 7.51. The highest BCUT2D eigenvalue weighted by atomic mass is 79.9. The van der Waals surface area contributed by atoms with Gasteiger partial charge < -0.3 is 10.6 Å². The van der Waals surface area contributed by atoms with E-state index in [9.17, 15) is 9.59 Å². The van der Waals surface area contributed by atoms with E-state index in [0.29, 0.717) is 23.5 Å². The van der Waals surface area contributed by atoms with E-state index in [0.717, 1.165) is 14.9 Å². The van der Waals surface area contributed by atoms with Gasteiger partial charge in [0.1, 0.15) is 0 Å². The number of carbonyl (C=O) groups is 2. The van der Waals surface area contributed by atoms with Gasteiger partial charge in [-0.05, 0) is 52.7 Å². The van der Waals surface area contributed by atoms with E-state index in [4.69, 9.17) is 0 Å². The zero-order valence-electron chi connectivity index (χ0n) is 13.6. The molecule has 0 atom stereocenters. The standard InChI is InChI=1S/C18H19BrN2O2S/c1-12-7-8-15(20-13(2)22)16(11-12)21-18(23)9-10-24-17-6-4-3-5-14(17)19/h3-8,11H,9-10H2,1-2H3,(H,20,22)(H,21,23). The van der Waals surface area contributed by atoms with Crippen LogP contribution in [0.4, 0.5) is 11.4 Å². The van der Waals surface area contributed by atoms with Crippen molar-refractivity contribution in [3.63, 3.8) is 0 Å². The van der Waals surface area contributed by atoms with Crippen LogP contribution in [0.25, 0.3) is 0 Å². The van der Waals surface area contributed by atoms with E-state index in [1.807, 2.05) is 43.3 Å². The van der Waals surface area contributed by atoms with Crippen LogP contribution in [0.1, 0.15) is 18.9 Å². The monoisotopic (exact) mass is 406 g/mol. The van der Waals surface area contributed by atoms with Crippen molar-refractivity contribution >= 4 is 50.9 Å². The van der Waals surface area contributed by atoms with Gasteiger partial charge in [0.25, 0.3) is 0 Å². The maximum absolute atomic E-state index is 12.2. The van der Waals surface area contributed by atoms with Crippen LogP contribution in [0.3, 0.4) is 0 Å². The molecule has 0 aliphatic carbocycles. The second-order valence-electron chi connectivity index (χ2n) is 5.31. The summed E-state index contributed by atoms with van der Waals surface area (Å²) < 4.78 is 1.03. The number of hydrogen-bond acceptors (Lipinski definition) is 3. The number of hydrogen-bond donors (Lipinski definition) is 2. The van der Waals surface area contributed by atoms with Crippen molar-refractivity contribution in [3.05, 3.63) is 52.5 Å². The molecule has 4 nitrogen and oxygen atoms in total. The van der Waals surface area contributed by atoms with Gasteiger partial charge in [-0.2, -0.15) is 0 Å². The Morgan fingerprint density at radius 2 is 1.83 bits per heavy atom. The van der Waals surface area contributed by atoms with Gasteiger partial charge in [0.15, 0.2) is 0 Å². The fourth-order valence-corrected chi connectivity index (χ4v) is 3.60. The Balaban J connectivity index is 1.93. The Labute approximate surface area is 154 Å².